The molecule has 118 valence electrons. The maximum Gasteiger partial charge on any atom is 0.262 e. The lowest BCUT2D eigenvalue weighted by Gasteiger charge is -2.17. The first-order chi connectivity index (χ1) is 9.68. The summed E-state index contributed by atoms with van der Waals surface area (Å²) in [5.41, 5.74) is 0.101. The van der Waals surface area contributed by atoms with Crippen molar-refractivity contribution in [1.29, 1.82) is 0 Å². The summed E-state index contributed by atoms with van der Waals surface area (Å²) in [6.07, 6.45) is 0.653. The summed E-state index contributed by atoms with van der Waals surface area (Å²) in [5, 5.41) is -0.253. The average Bonchev–Trinajstić information content (AvgIpc) is 2.39. The molecule has 0 unspecified atom stereocenters. The highest BCUT2D eigenvalue weighted by Crippen LogP contribution is 2.33. The van der Waals surface area contributed by atoms with Crippen molar-refractivity contribution in [1.82, 2.24) is 4.90 Å². The molecule has 1 rings (SSSR count). The molecule has 1 aromatic carbocycles. The molecular weight excluding hydrogens is 361 g/mol. The van der Waals surface area contributed by atoms with Crippen LogP contribution in [0.3, 0.4) is 0 Å². The molecule has 0 N–H and O–H groups in total. The lowest BCUT2D eigenvalue weighted by molar-refractivity contribution is 0.0779. The number of benzene rings is 1. The summed E-state index contributed by atoms with van der Waals surface area (Å²) in [6, 6.07) is 2.43. The van der Waals surface area contributed by atoms with E-state index in [2.05, 4.69) is 0 Å². The number of carbonyl (C=O) groups excluding carboxylic acids is 1. The van der Waals surface area contributed by atoms with Gasteiger partial charge in [-0.2, -0.15) is 0 Å². The molecule has 5 nitrogen and oxygen atoms in total. The van der Waals surface area contributed by atoms with Crippen molar-refractivity contribution < 1.29 is 17.9 Å². The van der Waals surface area contributed by atoms with Gasteiger partial charge in [0.15, 0.2) is 0 Å². The van der Waals surface area contributed by atoms with E-state index in [0.717, 1.165) is 6.07 Å². The monoisotopic (exact) mass is 373 g/mol. The van der Waals surface area contributed by atoms with E-state index in [0.29, 0.717) is 19.6 Å². The number of carbonyl (C=O) groups is 1. The molecule has 0 aliphatic heterocycles. The molecule has 21 heavy (non-hydrogen) atoms. The predicted octanol–water partition coefficient (Wildman–Crippen LogP) is 3.03. The van der Waals surface area contributed by atoms with E-state index in [1.54, 1.807) is 14.2 Å². The van der Waals surface area contributed by atoms with Gasteiger partial charge in [0, 0.05) is 43.6 Å². The maximum atomic E-state index is 12.2. The smallest absolute Gasteiger partial charge is 0.262 e. The SMILES string of the molecule is COCCCN(C)C(=O)c1cc(Cl)c(Cl)c(S(=O)(=O)Cl)c1. The second kappa shape index (κ2) is 7.65. The van der Waals surface area contributed by atoms with Crippen molar-refractivity contribution in [3.8, 4) is 0 Å². The largest absolute Gasteiger partial charge is 0.385 e. The van der Waals surface area contributed by atoms with Gasteiger partial charge in [-0.15, -0.1) is 0 Å². The summed E-state index contributed by atoms with van der Waals surface area (Å²) in [6.45, 7) is 0.968. The van der Waals surface area contributed by atoms with Gasteiger partial charge in [0.1, 0.15) is 4.90 Å². The Morgan fingerprint density at radius 1 is 1.33 bits per heavy atom. The van der Waals surface area contributed by atoms with Gasteiger partial charge in [0.25, 0.3) is 15.0 Å². The van der Waals surface area contributed by atoms with Gasteiger partial charge >= 0.3 is 0 Å². The van der Waals surface area contributed by atoms with Crippen molar-refractivity contribution in [3.63, 3.8) is 0 Å². The first kappa shape index (κ1) is 18.5. The molecule has 0 bridgehead atoms. The van der Waals surface area contributed by atoms with Crippen LogP contribution in [0.1, 0.15) is 16.8 Å². The van der Waals surface area contributed by atoms with E-state index >= 15 is 0 Å². The Bertz CT molecular complexity index is 634. The Hall–Kier alpha value is -0.530. The van der Waals surface area contributed by atoms with E-state index in [1.165, 1.54) is 11.0 Å². The summed E-state index contributed by atoms with van der Waals surface area (Å²) < 4.78 is 27.8. The summed E-state index contributed by atoms with van der Waals surface area (Å²) in [4.78, 5) is 13.3. The summed E-state index contributed by atoms with van der Waals surface area (Å²) in [7, 11) is 4.35. The number of rotatable bonds is 6. The normalized spacial score (nSPS) is 11.5. The van der Waals surface area contributed by atoms with E-state index in [9.17, 15) is 13.2 Å². The van der Waals surface area contributed by atoms with E-state index in [4.69, 9.17) is 38.6 Å². The van der Waals surface area contributed by atoms with Crippen LogP contribution in [-0.2, 0) is 13.8 Å². The van der Waals surface area contributed by atoms with Crippen molar-refractivity contribution >= 4 is 48.8 Å². The average molecular weight is 375 g/mol. The zero-order chi connectivity index (χ0) is 16.2. The Morgan fingerprint density at radius 3 is 2.48 bits per heavy atom. The lowest BCUT2D eigenvalue weighted by atomic mass is 10.2. The van der Waals surface area contributed by atoms with Crippen LogP contribution in [0.4, 0.5) is 0 Å². The van der Waals surface area contributed by atoms with Crippen LogP contribution >= 0.6 is 33.9 Å². The third kappa shape index (κ3) is 5.00. The standard InChI is InChI=1S/C12H14Cl3NO4S/c1-16(4-3-5-20-2)12(17)8-6-9(13)11(14)10(7-8)21(15,18)19/h6-7H,3-5H2,1-2H3. The number of halogens is 3. The number of ether oxygens (including phenoxy) is 1. The molecular formula is C12H14Cl3NO4S. The second-order valence-corrected chi connectivity index (χ2v) is 7.60. The molecule has 0 heterocycles. The summed E-state index contributed by atoms with van der Waals surface area (Å²) in [5.74, 6) is -0.383. The van der Waals surface area contributed by atoms with Gasteiger partial charge in [0.2, 0.25) is 0 Å². The topological polar surface area (TPSA) is 63.7 Å². The quantitative estimate of drug-likeness (QED) is 0.567. The van der Waals surface area contributed by atoms with Crippen LogP contribution < -0.4 is 0 Å². The van der Waals surface area contributed by atoms with Gasteiger partial charge in [-0.3, -0.25) is 4.79 Å². The molecule has 0 fully saturated rings. The third-order valence-electron chi connectivity index (χ3n) is 2.69. The highest BCUT2D eigenvalue weighted by atomic mass is 35.7. The zero-order valence-electron chi connectivity index (χ0n) is 11.4. The minimum Gasteiger partial charge on any atom is -0.385 e. The Balaban J connectivity index is 3.09. The fourth-order valence-corrected chi connectivity index (χ4v) is 3.40. The van der Waals surface area contributed by atoms with Crippen LogP contribution in [0.2, 0.25) is 10.0 Å². The van der Waals surface area contributed by atoms with Gasteiger partial charge in [-0.25, -0.2) is 8.42 Å². The van der Waals surface area contributed by atoms with Crippen LogP contribution in [0.5, 0.6) is 0 Å². The van der Waals surface area contributed by atoms with Crippen LogP contribution in [0, 0.1) is 0 Å². The highest BCUT2D eigenvalue weighted by molar-refractivity contribution is 8.13. The van der Waals surface area contributed by atoms with Crippen LogP contribution in [-0.4, -0.2) is 46.5 Å². The van der Waals surface area contributed by atoms with Crippen LogP contribution in [0.25, 0.3) is 0 Å². The van der Waals surface area contributed by atoms with E-state index < -0.39 is 9.05 Å². The van der Waals surface area contributed by atoms with E-state index in [1.807, 2.05) is 0 Å². The van der Waals surface area contributed by atoms with Crippen molar-refractivity contribution in [2.75, 3.05) is 27.3 Å². The Kier molecular flexibility index (Phi) is 6.74. The van der Waals surface area contributed by atoms with Gasteiger partial charge in [0.05, 0.1) is 10.0 Å². The fourth-order valence-electron chi connectivity index (χ4n) is 1.63. The second-order valence-electron chi connectivity index (χ2n) is 4.28. The van der Waals surface area contributed by atoms with Crippen molar-refractivity contribution in [3.05, 3.63) is 27.7 Å². The van der Waals surface area contributed by atoms with Gasteiger partial charge in [-0.05, 0) is 18.6 Å². The van der Waals surface area contributed by atoms with Gasteiger partial charge in [-0.1, -0.05) is 23.2 Å². The number of amides is 1. The minimum absolute atomic E-state index is 0.0490. The first-order valence-corrected chi connectivity index (χ1v) is 8.93. The lowest BCUT2D eigenvalue weighted by Crippen LogP contribution is -2.28. The minimum atomic E-state index is -4.09. The molecule has 0 saturated carbocycles. The van der Waals surface area contributed by atoms with Crippen LogP contribution in [0.15, 0.2) is 17.0 Å². The van der Waals surface area contributed by atoms with Crippen molar-refractivity contribution in [2.24, 2.45) is 0 Å². The summed E-state index contributed by atoms with van der Waals surface area (Å²) >= 11 is 11.7. The fraction of sp³-hybridized carbons (Fsp3) is 0.417. The molecule has 1 aromatic rings. The molecule has 0 saturated heterocycles. The Labute approximate surface area is 138 Å². The number of methoxy groups -OCH3 is 1. The molecule has 0 aromatic heterocycles. The number of hydrogen-bond acceptors (Lipinski definition) is 4. The van der Waals surface area contributed by atoms with Crippen molar-refractivity contribution in [2.45, 2.75) is 11.3 Å². The molecule has 9 heteroatoms. The predicted molar refractivity (Wildman–Crippen MR) is 83.0 cm³/mol. The number of hydrogen-bond donors (Lipinski definition) is 0. The third-order valence-corrected chi connectivity index (χ3v) is 4.95. The molecule has 0 aliphatic rings. The molecule has 0 radical (unpaired) electrons. The molecule has 0 spiro atoms. The van der Waals surface area contributed by atoms with E-state index in [-0.39, 0.29) is 26.4 Å². The highest BCUT2D eigenvalue weighted by Gasteiger charge is 2.22. The molecule has 0 aliphatic carbocycles. The molecule has 1 amide bonds. The molecule has 0 atom stereocenters. The Morgan fingerprint density at radius 2 is 1.95 bits per heavy atom. The number of nitrogens with zero attached hydrogens (tertiary/aromatic N) is 1. The first-order valence-electron chi connectivity index (χ1n) is 5.86. The zero-order valence-corrected chi connectivity index (χ0v) is 14.5. The maximum absolute atomic E-state index is 12.2. The van der Waals surface area contributed by atoms with Gasteiger partial charge < -0.3 is 9.64 Å².